The highest BCUT2D eigenvalue weighted by atomic mass is 32.1. The first-order valence-corrected chi connectivity index (χ1v) is 6.44. The van der Waals surface area contributed by atoms with Gasteiger partial charge in [-0.3, -0.25) is 4.79 Å². The fraction of sp³-hybridized carbons (Fsp3) is 0.231. The van der Waals surface area contributed by atoms with E-state index in [9.17, 15) is 4.79 Å². The van der Waals surface area contributed by atoms with E-state index in [1.165, 1.54) is 11.3 Å². The average molecular weight is 246 g/mol. The summed E-state index contributed by atoms with van der Waals surface area (Å²) in [7, 11) is 0. The molecule has 1 N–H and O–H groups in total. The predicted octanol–water partition coefficient (Wildman–Crippen LogP) is 3.28. The Labute approximate surface area is 105 Å². The minimum absolute atomic E-state index is 0.00801. The Morgan fingerprint density at radius 1 is 1.41 bits per heavy atom. The number of nitrogens with one attached hydrogen (secondary N) is 1. The first-order valence-electron chi connectivity index (χ1n) is 5.56. The average Bonchev–Trinajstić information content (AvgIpc) is 2.84. The van der Waals surface area contributed by atoms with Crippen LogP contribution in [0.2, 0.25) is 0 Å². The molecule has 1 aromatic carbocycles. The molecule has 1 heterocycles. The molecular weight excluding hydrogens is 232 g/mol. The largest absolute Gasteiger partial charge is 0.301 e. The fourth-order valence-corrected chi connectivity index (χ4v) is 2.27. The molecule has 1 atom stereocenters. The molecule has 4 heteroatoms. The van der Waals surface area contributed by atoms with E-state index in [0.717, 1.165) is 12.0 Å². The quantitative estimate of drug-likeness (QED) is 0.899. The van der Waals surface area contributed by atoms with E-state index >= 15 is 0 Å². The standard InChI is InChI=1S/C13H14N2OS/c1-2-11(10-6-4-3-5-7-10)12(16)15-13-14-8-9-17-13/h3-9,11H,2H2,1H3,(H,14,15,16)/t11-/m1/s1. The van der Waals surface area contributed by atoms with E-state index in [2.05, 4.69) is 10.3 Å². The second kappa shape index (κ2) is 5.59. The van der Waals surface area contributed by atoms with Gasteiger partial charge in [-0.25, -0.2) is 4.98 Å². The van der Waals surface area contributed by atoms with Gasteiger partial charge in [-0.1, -0.05) is 37.3 Å². The Hall–Kier alpha value is -1.68. The van der Waals surface area contributed by atoms with Crippen LogP contribution in [0.4, 0.5) is 5.13 Å². The van der Waals surface area contributed by atoms with Crippen molar-refractivity contribution in [2.45, 2.75) is 19.3 Å². The zero-order valence-electron chi connectivity index (χ0n) is 9.59. The van der Waals surface area contributed by atoms with Crippen molar-refractivity contribution in [3.05, 3.63) is 47.5 Å². The van der Waals surface area contributed by atoms with E-state index in [-0.39, 0.29) is 11.8 Å². The molecule has 0 fully saturated rings. The molecule has 88 valence electrons. The number of hydrogen-bond acceptors (Lipinski definition) is 3. The van der Waals surface area contributed by atoms with Crippen molar-refractivity contribution < 1.29 is 4.79 Å². The van der Waals surface area contributed by atoms with Gasteiger partial charge >= 0.3 is 0 Å². The van der Waals surface area contributed by atoms with Crippen LogP contribution in [0.3, 0.4) is 0 Å². The number of hydrogen-bond donors (Lipinski definition) is 1. The normalized spacial score (nSPS) is 12.1. The maximum atomic E-state index is 12.1. The van der Waals surface area contributed by atoms with Gasteiger partial charge < -0.3 is 5.32 Å². The molecule has 0 unspecified atom stereocenters. The highest BCUT2D eigenvalue weighted by Crippen LogP contribution is 2.22. The lowest BCUT2D eigenvalue weighted by Crippen LogP contribution is -2.20. The Morgan fingerprint density at radius 2 is 2.18 bits per heavy atom. The van der Waals surface area contributed by atoms with Crippen LogP contribution >= 0.6 is 11.3 Å². The molecule has 1 aromatic heterocycles. The van der Waals surface area contributed by atoms with E-state index in [1.54, 1.807) is 6.20 Å². The zero-order chi connectivity index (χ0) is 12.1. The first kappa shape index (κ1) is 11.8. The number of nitrogens with zero attached hydrogens (tertiary/aromatic N) is 1. The van der Waals surface area contributed by atoms with Crippen molar-refractivity contribution in [1.82, 2.24) is 4.98 Å². The highest BCUT2D eigenvalue weighted by molar-refractivity contribution is 7.13. The molecule has 0 aliphatic heterocycles. The van der Waals surface area contributed by atoms with Crippen molar-refractivity contribution in [1.29, 1.82) is 0 Å². The number of aromatic nitrogens is 1. The van der Waals surface area contributed by atoms with Gasteiger partial charge in [0, 0.05) is 11.6 Å². The highest BCUT2D eigenvalue weighted by Gasteiger charge is 2.18. The molecule has 0 aliphatic rings. The number of carbonyl (C=O) groups excluding carboxylic acids is 1. The van der Waals surface area contributed by atoms with Gasteiger partial charge in [0.05, 0.1) is 5.92 Å². The monoisotopic (exact) mass is 246 g/mol. The van der Waals surface area contributed by atoms with E-state index in [4.69, 9.17) is 0 Å². The number of amides is 1. The van der Waals surface area contributed by atoms with E-state index < -0.39 is 0 Å². The van der Waals surface area contributed by atoms with Gasteiger partial charge in [0.15, 0.2) is 5.13 Å². The maximum Gasteiger partial charge on any atom is 0.233 e. The predicted molar refractivity (Wildman–Crippen MR) is 70.2 cm³/mol. The van der Waals surface area contributed by atoms with Gasteiger partial charge in [0.1, 0.15) is 0 Å². The number of thiazole rings is 1. The third kappa shape index (κ3) is 2.91. The van der Waals surface area contributed by atoms with Gasteiger partial charge in [-0.2, -0.15) is 0 Å². The minimum atomic E-state index is -0.111. The van der Waals surface area contributed by atoms with Crippen molar-refractivity contribution in [3.63, 3.8) is 0 Å². The van der Waals surface area contributed by atoms with Crippen LogP contribution in [0.15, 0.2) is 41.9 Å². The van der Waals surface area contributed by atoms with Crippen LogP contribution in [0.1, 0.15) is 24.8 Å². The van der Waals surface area contributed by atoms with Gasteiger partial charge in [0.2, 0.25) is 5.91 Å². The molecule has 0 aliphatic carbocycles. The number of anilines is 1. The summed E-state index contributed by atoms with van der Waals surface area (Å²) in [6.45, 7) is 2.01. The summed E-state index contributed by atoms with van der Waals surface area (Å²) < 4.78 is 0. The summed E-state index contributed by atoms with van der Waals surface area (Å²) in [6.07, 6.45) is 2.46. The lowest BCUT2D eigenvalue weighted by molar-refractivity contribution is -0.117. The molecule has 0 spiro atoms. The summed E-state index contributed by atoms with van der Waals surface area (Å²) in [5, 5.41) is 5.34. The Bertz CT molecular complexity index is 467. The van der Waals surface area contributed by atoms with Crippen LogP contribution < -0.4 is 5.32 Å². The summed E-state index contributed by atoms with van der Waals surface area (Å²) in [6, 6.07) is 9.82. The van der Waals surface area contributed by atoms with Crippen molar-refractivity contribution in [2.24, 2.45) is 0 Å². The number of carbonyl (C=O) groups is 1. The van der Waals surface area contributed by atoms with Crippen molar-refractivity contribution >= 4 is 22.4 Å². The first-order chi connectivity index (χ1) is 8.31. The summed E-state index contributed by atoms with van der Waals surface area (Å²) in [5.74, 6) is -0.103. The molecule has 2 aromatic rings. The fourth-order valence-electron chi connectivity index (χ4n) is 1.74. The lowest BCUT2D eigenvalue weighted by atomic mass is 9.96. The summed E-state index contributed by atoms with van der Waals surface area (Å²) in [4.78, 5) is 16.2. The van der Waals surface area contributed by atoms with Crippen LogP contribution in [0.25, 0.3) is 0 Å². The maximum absolute atomic E-state index is 12.1. The smallest absolute Gasteiger partial charge is 0.233 e. The Balaban J connectivity index is 2.11. The van der Waals surface area contributed by atoms with Crippen LogP contribution in [0, 0.1) is 0 Å². The molecule has 3 nitrogen and oxygen atoms in total. The second-order valence-electron chi connectivity index (χ2n) is 3.70. The Kier molecular flexibility index (Phi) is 3.88. The van der Waals surface area contributed by atoms with Crippen LogP contribution in [-0.4, -0.2) is 10.9 Å². The van der Waals surface area contributed by atoms with Gasteiger partial charge in [-0.05, 0) is 12.0 Å². The number of rotatable bonds is 4. The third-order valence-electron chi connectivity index (χ3n) is 2.59. The SMILES string of the molecule is CC[C@@H](C(=O)Nc1nccs1)c1ccccc1. The van der Waals surface area contributed by atoms with Crippen molar-refractivity contribution in [2.75, 3.05) is 5.32 Å². The molecule has 0 bridgehead atoms. The molecule has 0 saturated carbocycles. The van der Waals surface area contributed by atoms with Gasteiger partial charge in [0.25, 0.3) is 0 Å². The second-order valence-corrected chi connectivity index (χ2v) is 4.59. The van der Waals surface area contributed by atoms with E-state index in [0.29, 0.717) is 5.13 Å². The van der Waals surface area contributed by atoms with Gasteiger partial charge in [-0.15, -0.1) is 11.3 Å². The number of benzene rings is 1. The lowest BCUT2D eigenvalue weighted by Gasteiger charge is -2.13. The van der Waals surface area contributed by atoms with Crippen LogP contribution in [0.5, 0.6) is 0 Å². The zero-order valence-corrected chi connectivity index (χ0v) is 10.4. The third-order valence-corrected chi connectivity index (χ3v) is 3.28. The topological polar surface area (TPSA) is 42.0 Å². The Morgan fingerprint density at radius 3 is 2.76 bits per heavy atom. The van der Waals surface area contributed by atoms with Crippen LogP contribution in [-0.2, 0) is 4.79 Å². The summed E-state index contributed by atoms with van der Waals surface area (Å²) in [5.41, 5.74) is 1.05. The molecule has 0 saturated heterocycles. The molecular formula is C13H14N2OS. The van der Waals surface area contributed by atoms with E-state index in [1.807, 2.05) is 42.6 Å². The molecule has 17 heavy (non-hydrogen) atoms. The van der Waals surface area contributed by atoms with Crippen molar-refractivity contribution in [3.8, 4) is 0 Å². The molecule has 0 radical (unpaired) electrons. The molecule has 2 rings (SSSR count). The molecule has 1 amide bonds. The summed E-state index contributed by atoms with van der Waals surface area (Å²) >= 11 is 1.43. The minimum Gasteiger partial charge on any atom is -0.301 e.